The van der Waals surface area contributed by atoms with Crippen LogP contribution in [0.3, 0.4) is 0 Å². The third-order valence-electron chi connectivity index (χ3n) is 7.16. The number of nitrogens with zero attached hydrogens (tertiary/aromatic N) is 6. The summed E-state index contributed by atoms with van der Waals surface area (Å²) in [4.78, 5) is 11.8. The number of rotatable bonds is 10. The van der Waals surface area contributed by atoms with E-state index >= 15 is 0 Å². The predicted octanol–water partition coefficient (Wildman–Crippen LogP) is 4.89. The number of hydrogen-bond donors (Lipinski definition) is 2. The molecule has 4 heterocycles. The highest BCUT2D eigenvalue weighted by Gasteiger charge is 2.48. The molecule has 3 aromatic rings. The van der Waals surface area contributed by atoms with E-state index in [-0.39, 0.29) is 11.3 Å². The maximum absolute atomic E-state index is 10.4. The lowest BCUT2D eigenvalue weighted by Crippen LogP contribution is -2.48. The zero-order valence-corrected chi connectivity index (χ0v) is 22.7. The van der Waals surface area contributed by atoms with Gasteiger partial charge in [-0.05, 0) is 67.5 Å². The number of nitrogens with one attached hydrogen (secondary N) is 2. The highest BCUT2D eigenvalue weighted by atomic mass is 16.5. The van der Waals surface area contributed by atoms with E-state index in [1.807, 2.05) is 30.5 Å². The molecule has 0 aromatic carbocycles. The fraction of sp³-hybridized carbons (Fsp3) is 0.483. The molecule has 1 saturated carbocycles. The van der Waals surface area contributed by atoms with Crippen molar-refractivity contribution in [2.75, 3.05) is 31.5 Å². The molecule has 2 aliphatic rings. The quantitative estimate of drug-likeness (QED) is 0.291. The van der Waals surface area contributed by atoms with Gasteiger partial charge in [-0.25, -0.2) is 4.98 Å². The summed E-state index contributed by atoms with van der Waals surface area (Å²) in [6.07, 6.45) is 9.13. The maximum atomic E-state index is 10.4. The first kappa shape index (κ1) is 26.2. The molecular formula is C29H37N8O-. The van der Waals surface area contributed by atoms with Crippen LogP contribution in [0.5, 0.6) is 0 Å². The third kappa shape index (κ3) is 6.34. The third-order valence-corrected chi connectivity index (χ3v) is 7.16. The Kier molecular flexibility index (Phi) is 7.67. The summed E-state index contributed by atoms with van der Waals surface area (Å²) in [5, 5.41) is 25.3. The summed E-state index contributed by atoms with van der Waals surface area (Å²) in [6.45, 7) is 12.0. The summed E-state index contributed by atoms with van der Waals surface area (Å²) in [7, 11) is 0. The number of morpholine rings is 1. The van der Waals surface area contributed by atoms with Crippen molar-refractivity contribution in [3.05, 3.63) is 59.4 Å². The standard InChI is InChI=1S/C29H37N8O/c1-19(2)22-13-28(36-33-15-22)35-27-7-6-25-26(34-27)12-23(14-32-25)24(21(4)30)16-31-10-5-11-37-17-20(3)38-29(18-37)8-9-29/h6-7,12-16,19-20,31H,5,8-11,17-18H2,1-4H3,(H,34,35,36)/q-1/b24-16+/t20-/m1/s1. The van der Waals surface area contributed by atoms with Crippen LogP contribution in [-0.4, -0.2) is 68.7 Å². The fourth-order valence-corrected chi connectivity index (χ4v) is 5.01. The molecule has 9 heteroatoms. The second-order valence-corrected chi connectivity index (χ2v) is 10.9. The number of hydrogen-bond acceptors (Lipinski definition) is 8. The summed E-state index contributed by atoms with van der Waals surface area (Å²) >= 11 is 0. The van der Waals surface area contributed by atoms with Gasteiger partial charge in [-0.1, -0.05) is 20.8 Å². The van der Waals surface area contributed by atoms with E-state index < -0.39 is 0 Å². The molecule has 1 aliphatic heterocycles. The van der Waals surface area contributed by atoms with Crippen molar-refractivity contribution in [3.8, 4) is 0 Å². The lowest BCUT2D eigenvalue weighted by atomic mass is 10.0. The number of ether oxygens (including phenoxy) is 1. The number of anilines is 2. The SMILES string of the molecule is CC(=[N-])/C(=C\NCCCN1C[C@@H](C)OC2(CC2)C1)c1cnc2ccc(Nc3cc(C(C)C)cnn3)nc2c1. The monoisotopic (exact) mass is 513 g/mol. The molecule has 1 saturated heterocycles. The largest absolute Gasteiger partial charge is 0.807 e. The molecule has 9 nitrogen and oxygen atoms in total. The predicted molar refractivity (Wildman–Crippen MR) is 153 cm³/mol. The van der Waals surface area contributed by atoms with Gasteiger partial charge in [0, 0.05) is 44.1 Å². The zero-order chi connectivity index (χ0) is 26.7. The molecule has 0 unspecified atom stereocenters. The van der Waals surface area contributed by atoms with Crippen LogP contribution in [0.25, 0.3) is 22.0 Å². The molecule has 3 aromatic heterocycles. The van der Waals surface area contributed by atoms with E-state index in [9.17, 15) is 5.41 Å². The molecule has 2 N–H and O–H groups in total. The highest BCUT2D eigenvalue weighted by Crippen LogP contribution is 2.43. The fourth-order valence-electron chi connectivity index (χ4n) is 5.01. The molecule has 0 amide bonds. The molecule has 38 heavy (non-hydrogen) atoms. The average molecular weight is 514 g/mol. The summed E-state index contributed by atoms with van der Waals surface area (Å²) in [5.74, 6) is 1.66. The van der Waals surface area contributed by atoms with Crippen LogP contribution in [-0.2, 0) is 4.74 Å². The Labute approximate surface area is 224 Å². The van der Waals surface area contributed by atoms with Crippen LogP contribution in [0, 0.1) is 0 Å². The van der Waals surface area contributed by atoms with Crippen molar-refractivity contribution in [1.29, 1.82) is 0 Å². The van der Waals surface area contributed by atoms with E-state index in [1.165, 1.54) is 12.8 Å². The molecular weight excluding hydrogens is 476 g/mol. The summed E-state index contributed by atoms with van der Waals surface area (Å²) in [5.41, 5.74) is 4.47. The van der Waals surface area contributed by atoms with Gasteiger partial charge in [0.15, 0.2) is 5.82 Å². The van der Waals surface area contributed by atoms with Crippen molar-refractivity contribution in [3.63, 3.8) is 0 Å². The second-order valence-electron chi connectivity index (χ2n) is 10.9. The van der Waals surface area contributed by atoms with Crippen LogP contribution in [0.2, 0.25) is 0 Å². The van der Waals surface area contributed by atoms with Crippen molar-refractivity contribution in [2.45, 2.75) is 64.6 Å². The molecule has 0 radical (unpaired) electrons. The van der Waals surface area contributed by atoms with E-state index in [4.69, 9.17) is 9.72 Å². The van der Waals surface area contributed by atoms with Crippen LogP contribution in [0.15, 0.2) is 42.9 Å². The Morgan fingerprint density at radius 3 is 2.82 bits per heavy atom. The minimum atomic E-state index is 0.138. The van der Waals surface area contributed by atoms with Gasteiger partial charge < -0.3 is 20.8 Å². The van der Waals surface area contributed by atoms with Crippen LogP contribution < -0.4 is 10.6 Å². The molecule has 2 fully saturated rings. The first-order chi connectivity index (χ1) is 18.3. The molecule has 0 bridgehead atoms. The highest BCUT2D eigenvalue weighted by molar-refractivity contribution is 6.24. The first-order valence-corrected chi connectivity index (χ1v) is 13.5. The Hall–Kier alpha value is -3.43. The lowest BCUT2D eigenvalue weighted by molar-refractivity contribution is -0.0930. The number of allylic oxidation sites excluding steroid dienone is 1. The Bertz CT molecular complexity index is 1330. The molecule has 1 aliphatic carbocycles. The van der Waals surface area contributed by atoms with Crippen LogP contribution in [0.4, 0.5) is 11.6 Å². The van der Waals surface area contributed by atoms with E-state index in [0.717, 1.165) is 54.8 Å². The van der Waals surface area contributed by atoms with Gasteiger partial charge in [-0.3, -0.25) is 9.88 Å². The normalized spacial score (nSPS) is 19.2. The van der Waals surface area contributed by atoms with Crippen LogP contribution >= 0.6 is 0 Å². The van der Waals surface area contributed by atoms with Gasteiger partial charge in [0.05, 0.1) is 28.9 Å². The Morgan fingerprint density at radius 1 is 1.21 bits per heavy atom. The topological polar surface area (TPSA) is 110 Å². The number of pyridine rings is 2. The van der Waals surface area contributed by atoms with Gasteiger partial charge >= 0.3 is 0 Å². The Morgan fingerprint density at radius 2 is 2.05 bits per heavy atom. The minimum Gasteiger partial charge on any atom is -0.807 e. The molecule has 1 spiro atoms. The van der Waals surface area contributed by atoms with Crippen molar-refractivity contribution < 1.29 is 4.74 Å². The number of aromatic nitrogens is 4. The smallest absolute Gasteiger partial charge is 0.154 e. The van der Waals surface area contributed by atoms with Crippen molar-refractivity contribution in [1.82, 2.24) is 30.4 Å². The first-order valence-electron chi connectivity index (χ1n) is 13.5. The summed E-state index contributed by atoms with van der Waals surface area (Å²) in [6, 6.07) is 7.73. The summed E-state index contributed by atoms with van der Waals surface area (Å²) < 4.78 is 6.11. The molecule has 200 valence electrons. The van der Waals surface area contributed by atoms with Gasteiger partial charge in [-0.15, -0.1) is 5.10 Å². The maximum Gasteiger partial charge on any atom is 0.154 e. The molecule has 1 atom stereocenters. The molecule has 5 rings (SSSR count). The van der Waals surface area contributed by atoms with E-state index in [1.54, 1.807) is 19.3 Å². The van der Waals surface area contributed by atoms with Crippen molar-refractivity contribution in [2.24, 2.45) is 0 Å². The second kappa shape index (κ2) is 11.1. The van der Waals surface area contributed by atoms with Crippen LogP contribution in [0.1, 0.15) is 64.0 Å². The van der Waals surface area contributed by atoms with Gasteiger partial charge in [0.1, 0.15) is 5.82 Å². The van der Waals surface area contributed by atoms with Gasteiger partial charge in [-0.2, -0.15) is 10.8 Å². The Balaban J connectivity index is 1.23. The zero-order valence-electron chi connectivity index (χ0n) is 22.7. The minimum absolute atomic E-state index is 0.138. The average Bonchev–Trinajstić information content (AvgIpc) is 3.62. The van der Waals surface area contributed by atoms with Gasteiger partial charge in [0.2, 0.25) is 0 Å². The van der Waals surface area contributed by atoms with E-state index in [0.29, 0.717) is 29.2 Å². The van der Waals surface area contributed by atoms with Gasteiger partial charge in [0.25, 0.3) is 0 Å². The van der Waals surface area contributed by atoms with E-state index in [2.05, 4.69) is 51.5 Å². The van der Waals surface area contributed by atoms with Crippen molar-refractivity contribution >= 4 is 34.0 Å². The lowest BCUT2D eigenvalue weighted by Gasteiger charge is -2.37. The number of fused-ring (bicyclic) bond motifs is 1.